The standard InChI is InChI=1S/C10H11BrFNO/c1-13-9-2-3-14-10-5-7(11)8(12)4-6(9)10/h4-5,9,13H,2-3H2,1H3. The molecule has 1 aromatic rings. The molecule has 1 unspecified atom stereocenters. The number of rotatable bonds is 1. The van der Waals surface area contributed by atoms with Crippen LogP contribution in [-0.4, -0.2) is 13.7 Å². The maximum Gasteiger partial charge on any atom is 0.137 e. The molecule has 1 heterocycles. The Bertz CT molecular complexity index is 356. The van der Waals surface area contributed by atoms with Gasteiger partial charge >= 0.3 is 0 Å². The van der Waals surface area contributed by atoms with Gasteiger partial charge in [0.15, 0.2) is 0 Å². The van der Waals surface area contributed by atoms with E-state index in [-0.39, 0.29) is 11.9 Å². The lowest BCUT2D eigenvalue weighted by Crippen LogP contribution is -2.24. The second kappa shape index (κ2) is 3.87. The highest BCUT2D eigenvalue weighted by Crippen LogP contribution is 2.35. The van der Waals surface area contributed by atoms with Crippen LogP contribution in [-0.2, 0) is 0 Å². The van der Waals surface area contributed by atoms with Gasteiger partial charge in [0.05, 0.1) is 11.1 Å². The Balaban J connectivity index is 2.47. The van der Waals surface area contributed by atoms with Crippen LogP contribution < -0.4 is 10.1 Å². The van der Waals surface area contributed by atoms with E-state index in [0.29, 0.717) is 11.1 Å². The minimum absolute atomic E-state index is 0.196. The molecule has 1 N–H and O–H groups in total. The predicted molar refractivity (Wildman–Crippen MR) is 56.0 cm³/mol. The molecule has 0 radical (unpaired) electrons. The highest BCUT2D eigenvalue weighted by Gasteiger charge is 2.21. The fourth-order valence-electron chi connectivity index (χ4n) is 1.68. The molecule has 0 aromatic heterocycles. The molecule has 0 amide bonds. The number of hydrogen-bond donors (Lipinski definition) is 1. The van der Waals surface area contributed by atoms with Crippen LogP contribution in [0.2, 0.25) is 0 Å². The highest BCUT2D eigenvalue weighted by molar-refractivity contribution is 9.10. The van der Waals surface area contributed by atoms with E-state index in [2.05, 4.69) is 21.2 Å². The average Bonchev–Trinajstić information content (AvgIpc) is 2.19. The topological polar surface area (TPSA) is 21.3 Å². The van der Waals surface area contributed by atoms with Crippen LogP contribution >= 0.6 is 15.9 Å². The van der Waals surface area contributed by atoms with Gasteiger partial charge < -0.3 is 10.1 Å². The first-order chi connectivity index (χ1) is 6.72. The zero-order valence-corrected chi connectivity index (χ0v) is 9.40. The summed E-state index contributed by atoms with van der Waals surface area (Å²) in [6.07, 6.45) is 0.880. The van der Waals surface area contributed by atoms with Gasteiger partial charge in [-0.15, -0.1) is 0 Å². The molecule has 0 saturated heterocycles. The van der Waals surface area contributed by atoms with Crippen molar-refractivity contribution in [1.29, 1.82) is 0 Å². The summed E-state index contributed by atoms with van der Waals surface area (Å²) in [6.45, 7) is 0.677. The average molecular weight is 260 g/mol. The Hall–Kier alpha value is -0.610. The van der Waals surface area contributed by atoms with Gasteiger partial charge in [-0.05, 0) is 35.1 Å². The number of fused-ring (bicyclic) bond motifs is 1. The van der Waals surface area contributed by atoms with Crippen molar-refractivity contribution in [2.45, 2.75) is 12.5 Å². The molecule has 1 aliphatic rings. The van der Waals surface area contributed by atoms with Crippen LogP contribution in [0.15, 0.2) is 16.6 Å². The number of ether oxygens (including phenoxy) is 1. The lowest BCUT2D eigenvalue weighted by molar-refractivity contribution is 0.256. The Morgan fingerprint density at radius 2 is 2.36 bits per heavy atom. The van der Waals surface area contributed by atoms with Crippen LogP contribution in [0.25, 0.3) is 0 Å². The first-order valence-corrected chi connectivity index (χ1v) is 5.30. The zero-order valence-electron chi connectivity index (χ0n) is 7.81. The molecular formula is C10H11BrFNO. The summed E-state index contributed by atoms with van der Waals surface area (Å²) in [6, 6.07) is 3.41. The third-order valence-corrected chi connectivity index (χ3v) is 3.05. The Kier molecular flexibility index (Phi) is 2.74. The molecule has 14 heavy (non-hydrogen) atoms. The van der Waals surface area contributed by atoms with Crippen LogP contribution in [0.1, 0.15) is 18.0 Å². The largest absolute Gasteiger partial charge is 0.493 e. The summed E-state index contributed by atoms with van der Waals surface area (Å²) >= 11 is 3.14. The number of nitrogens with one attached hydrogen (secondary N) is 1. The molecule has 0 bridgehead atoms. The van der Waals surface area contributed by atoms with Crippen molar-refractivity contribution < 1.29 is 9.13 Å². The molecule has 2 nitrogen and oxygen atoms in total. The van der Waals surface area contributed by atoms with Gasteiger partial charge in [-0.2, -0.15) is 0 Å². The minimum Gasteiger partial charge on any atom is -0.493 e. The van der Waals surface area contributed by atoms with E-state index in [9.17, 15) is 4.39 Å². The van der Waals surface area contributed by atoms with Crippen molar-refractivity contribution in [1.82, 2.24) is 5.32 Å². The third-order valence-electron chi connectivity index (χ3n) is 2.44. The van der Waals surface area contributed by atoms with E-state index in [1.807, 2.05) is 7.05 Å². The second-order valence-corrected chi connectivity index (χ2v) is 4.14. The monoisotopic (exact) mass is 259 g/mol. The van der Waals surface area contributed by atoms with Crippen LogP contribution in [0.5, 0.6) is 5.75 Å². The maximum absolute atomic E-state index is 13.3. The predicted octanol–water partition coefficient (Wildman–Crippen LogP) is 2.63. The lowest BCUT2D eigenvalue weighted by atomic mass is 10.0. The molecule has 1 aliphatic heterocycles. The van der Waals surface area contributed by atoms with Gasteiger partial charge in [0.1, 0.15) is 11.6 Å². The molecular weight excluding hydrogens is 249 g/mol. The molecule has 2 rings (SSSR count). The quantitative estimate of drug-likeness (QED) is 0.838. The molecule has 1 atom stereocenters. The van der Waals surface area contributed by atoms with Gasteiger partial charge in [0.25, 0.3) is 0 Å². The summed E-state index contributed by atoms with van der Waals surface area (Å²) < 4.78 is 19.2. The van der Waals surface area contributed by atoms with Crippen LogP contribution in [0.3, 0.4) is 0 Å². The van der Waals surface area contributed by atoms with Crippen LogP contribution in [0.4, 0.5) is 4.39 Å². The van der Waals surface area contributed by atoms with Gasteiger partial charge in [-0.25, -0.2) is 4.39 Å². The van der Waals surface area contributed by atoms with Gasteiger partial charge in [0, 0.05) is 18.0 Å². The number of hydrogen-bond acceptors (Lipinski definition) is 2. The van der Waals surface area contributed by atoms with E-state index in [0.717, 1.165) is 17.7 Å². The van der Waals surface area contributed by atoms with E-state index in [4.69, 9.17) is 4.74 Å². The molecule has 76 valence electrons. The summed E-state index contributed by atoms with van der Waals surface area (Å²) in [5.41, 5.74) is 0.902. The van der Waals surface area contributed by atoms with Gasteiger partial charge in [-0.3, -0.25) is 0 Å². The van der Waals surface area contributed by atoms with Crippen molar-refractivity contribution in [2.24, 2.45) is 0 Å². The van der Waals surface area contributed by atoms with E-state index >= 15 is 0 Å². The smallest absolute Gasteiger partial charge is 0.137 e. The highest BCUT2D eigenvalue weighted by atomic mass is 79.9. The molecule has 0 fully saturated rings. The van der Waals surface area contributed by atoms with E-state index in [1.165, 1.54) is 6.07 Å². The Labute approximate surface area is 90.6 Å². The maximum atomic E-state index is 13.3. The van der Waals surface area contributed by atoms with Crippen molar-refractivity contribution in [2.75, 3.05) is 13.7 Å². The molecule has 0 saturated carbocycles. The SMILES string of the molecule is CNC1CCOc2cc(Br)c(F)cc21. The Morgan fingerprint density at radius 1 is 1.57 bits per heavy atom. The zero-order chi connectivity index (χ0) is 10.1. The molecule has 0 spiro atoms. The first-order valence-electron chi connectivity index (χ1n) is 4.51. The third kappa shape index (κ3) is 1.64. The number of halogens is 2. The van der Waals surface area contributed by atoms with Gasteiger partial charge in [-0.1, -0.05) is 0 Å². The summed E-state index contributed by atoms with van der Waals surface area (Å²) in [7, 11) is 1.87. The summed E-state index contributed by atoms with van der Waals surface area (Å²) in [5.74, 6) is 0.526. The van der Waals surface area contributed by atoms with Crippen molar-refractivity contribution in [3.05, 3.63) is 28.0 Å². The minimum atomic E-state index is -0.241. The Morgan fingerprint density at radius 3 is 3.07 bits per heavy atom. The van der Waals surface area contributed by atoms with E-state index < -0.39 is 0 Å². The molecule has 0 aliphatic carbocycles. The van der Waals surface area contributed by atoms with Crippen molar-refractivity contribution in [3.63, 3.8) is 0 Å². The van der Waals surface area contributed by atoms with Crippen molar-refractivity contribution in [3.8, 4) is 5.75 Å². The van der Waals surface area contributed by atoms with E-state index in [1.54, 1.807) is 6.07 Å². The van der Waals surface area contributed by atoms with Crippen molar-refractivity contribution >= 4 is 15.9 Å². The van der Waals surface area contributed by atoms with Crippen LogP contribution in [0, 0.1) is 5.82 Å². The molecule has 4 heteroatoms. The summed E-state index contributed by atoms with van der Waals surface area (Å²) in [5, 5.41) is 3.14. The first kappa shape index (κ1) is 9.93. The number of benzene rings is 1. The fourth-order valence-corrected chi connectivity index (χ4v) is 2.01. The summed E-state index contributed by atoms with van der Waals surface area (Å²) in [4.78, 5) is 0. The lowest BCUT2D eigenvalue weighted by Gasteiger charge is -2.25. The fraction of sp³-hybridized carbons (Fsp3) is 0.400. The molecule has 1 aromatic carbocycles. The van der Waals surface area contributed by atoms with Gasteiger partial charge in [0.2, 0.25) is 0 Å². The second-order valence-electron chi connectivity index (χ2n) is 3.28. The normalized spacial score (nSPS) is 20.1.